The van der Waals surface area contributed by atoms with Crippen molar-refractivity contribution in [3.63, 3.8) is 0 Å². The number of unbranched alkanes of at least 4 members (excludes halogenated alkanes) is 1. The molecule has 0 spiro atoms. The van der Waals surface area contributed by atoms with Gasteiger partial charge in [0.1, 0.15) is 0 Å². The number of anilines is 1. The van der Waals surface area contributed by atoms with Crippen LogP contribution in [0.5, 0.6) is 0 Å². The number of para-hydroxylation sites is 1. The zero-order valence-corrected chi connectivity index (χ0v) is 15.7. The fourth-order valence-electron chi connectivity index (χ4n) is 3.17. The van der Waals surface area contributed by atoms with E-state index in [1.165, 1.54) is 5.41 Å². The Kier molecular flexibility index (Phi) is 5.39. The van der Waals surface area contributed by atoms with Crippen LogP contribution in [0.2, 0.25) is 0 Å². The number of nitrogens with zero attached hydrogens (tertiary/aromatic N) is 3. The monoisotopic (exact) mass is 359 g/mol. The molecule has 0 N–H and O–H groups in total. The SMILES string of the molecule is CCC/C=C/S(=O)(=O)N1CCN(c2cc(C)nc3ccccc23)CC1. The fourth-order valence-corrected chi connectivity index (χ4v) is 4.40. The largest absolute Gasteiger partial charge is 0.368 e. The standard InChI is InChI=1S/C19H25N3O2S/c1-3-4-7-14-25(23,24)22-12-10-21(11-13-22)19-15-16(2)20-18-9-6-5-8-17(18)19/h5-9,14-15H,3-4,10-13H2,1-2H3/b14-7+. The minimum atomic E-state index is -3.30. The summed E-state index contributed by atoms with van der Waals surface area (Å²) in [5, 5.41) is 2.48. The second kappa shape index (κ2) is 7.54. The smallest absolute Gasteiger partial charge is 0.236 e. The maximum Gasteiger partial charge on any atom is 0.236 e. The van der Waals surface area contributed by atoms with E-state index < -0.39 is 10.0 Å². The number of aryl methyl sites for hydroxylation is 1. The van der Waals surface area contributed by atoms with Gasteiger partial charge in [-0.25, -0.2) is 8.42 Å². The van der Waals surface area contributed by atoms with Gasteiger partial charge in [0.15, 0.2) is 0 Å². The maximum atomic E-state index is 12.4. The molecular formula is C19H25N3O2S. The molecule has 25 heavy (non-hydrogen) atoms. The number of aromatic nitrogens is 1. The summed E-state index contributed by atoms with van der Waals surface area (Å²) in [4.78, 5) is 6.85. The number of piperazine rings is 1. The summed E-state index contributed by atoms with van der Waals surface area (Å²) in [7, 11) is -3.30. The van der Waals surface area contributed by atoms with E-state index in [0.717, 1.165) is 35.1 Å². The van der Waals surface area contributed by atoms with Crippen molar-refractivity contribution >= 4 is 26.6 Å². The van der Waals surface area contributed by atoms with Gasteiger partial charge in [-0.1, -0.05) is 37.6 Å². The molecule has 0 atom stereocenters. The third-order valence-corrected chi connectivity index (χ3v) is 6.11. The Bertz CT molecular complexity index is 869. The average Bonchev–Trinajstić information content (AvgIpc) is 2.61. The molecule has 5 nitrogen and oxygen atoms in total. The molecule has 1 fully saturated rings. The molecule has 2 heterocycles. The van der Waals surface area contributed by atoms with Crippen molar-refractivity contribution in [1.82, 2.24) is 9.29 Å². The number of benzene rings is 1. The van der Waals surface area contributed by atoms with Gasteiger partial charge in [0.25, 0.3) is 0 Å². The van der Waals surface area contributed by atoms with Gasteiger partial charge in [0, 0.05) is 48.4 Å². The molecule has 2 aromatic rings. The van der Waals surface area contributed by atoms with E-state index in [1.807, 2.05) is 32.0 Å². The van der Waals surface area contributed by atoms with Crippen molar-refractivity contribution in [2.75, 3.05) is 31.1 Å². The van der Waals surface area contributed by atoms with Crippen LogP contribution in [0.3, 0.4) is 0 Å². The summed E-state index contributed by atoms with van der Waals surface area (Å²) in [5.74, 6) is 0. The van der Waals surface area contributed by atoms with Gasteiger partial charge in [-0.05, 0) is 25.5 Å². The number of sulfonamides is 1. The molecule has 0 unspecified atom stereocenters. The van der Waals surface area contributed by atoms with Gasteiger partial charge in [0.2, 0.25) is 10.0 Å². The van der Waals surface area contributed by atoms with E-state index >= 15 is 0 Å². The Labute approximate surface area is 150 Å². The molecule has 1 aliphatic heterocycles. The predicted octanol–water partition coefficient (Wildman–Crippen LogP) is 3.31. The lowest BCUT2D eigenvalue weighted by atomic mass is 10.1. The summed E-state index contributed by atoms with van der Waals surface area (Å²) < 4.78 is 26.3. The minimum Gasteiger partial charge on any atom is -0.368 e. The first-order valence-electron chi connectivity index (χ1n) is 8.79. The Morgan fingerprint density at radius 2 is 1.88 bits per heavy atom. The Balaban J connectivity index is 1.77. The molecule has 1 saturated heterocycles. The quantitative estimate of drug-likeness (QED) is 0.822. The van der Waals surface area contributed by atoms with Crippen LogP contribution >= 0.6 is 0 Å². The number of hydrogen-bond acceptors (Lipinski definition) is 4. The molecule has 1 aromatic carbocycles. The van der Waals surface area contributed by atoms with Gasteiger partial charge in [-0.2, -0.15) is 4.31 Å². The van der Waals surface area contributed by atoms with Crippen molar-refractivity contribution in [1.29, 1.82) is 0 Å². The van der Waals surface area contributed by atoms with Crippen LogP contribution in [0.4, 0.5) is 5.69 Å². The average molecular weight is 359 g/mol. The first-order chi connectivity index (χ1) is 12.0. The molecule has 0 amide bonds. The lowest BCUT2D eigenvalue weighted by Gasteiger charge is -2.35. The second-order valence-electron chi connectivity index (χ2n) is 6.39. The highest BCUT2D eigenvalue weighted by Crippen LogP contribution is 2.28. The normalized spacial score (nSPS) is 16.8. The van der Waals surface area contributed by atoms with E-state index in [0.29, 0.717) is 26.2 Å². The molecule has 3 rings (SSSR count). The van der Waals surface area contributed by atoms with Gasteiger partial charge in [-0.3, -0.25) is 4.98 Å². The number of fused-ring (bicyclic) bond motifs is 1. The number of pyridine rings is 1. The summed E-state index contributed by atoms with van der Waals surface area (Å²) in [6.07, 6.45) is 3.50. The van der Waals surface area contributed by atoms with Crippen molar-refractivity contribution in [2.45, 2.75) is 26.7 Å². The molecular weight excluding hydrogens is 334 g/mol. The summed E-state index contributed by atoms with van der Waals surface area (Å²) in [6.45, 7) is 6.43. The molecule has 1 aliphatic rings. The molecule has 0 saturated carbocycles. The van der Waals surface area contributed by atoms with E-state index in [2.05, 4.69) is 22.0 Å². The van der Waals surface area contributed by atoms with E-state index in [-0.39, 0.29) is 0 Å². The highest BCUT2D eigenvalue weighted by molar-refractivity contribution is 7.92. The van der Waals surface area contributed by atoms with Gasteiger partial charge >= 0.3 is 0 Å². The highest BCUT2D eigenvalue weighted by atomic mass is 32.2. The number of allylic oxidation sites excluding steroid dienone is 1. The minimum absolute atomic E-state index is 0.508. The Hall–Kier alpha value is -1.92. The molecule has 0 radical (unpaired) electrons. The summed E-state index contributed by atoms with van der Waals surface area (Å²) >= 11 is 0. The van der Waals surface area contributed by atoms with Gasteiger partial charge in [0.05, 0.1) is 5.52 Å². The van der Waals surface area contributed by atoms with Crippen LogP contribution in [-0.2, 0) is 10.0 Å². The highest BCUT2D eigenvalue weighted by Gasteiger charge is 2.25. The van der Waals surface area contributed by atoms with Crippen molar-refractivity contribution in [2.24, 2.45) is 0 Å². The van der Waals surface area contributed by atoms with Crippen LogP contribution in [-0.4, -0.2) is 43.9 Å². The van der Waals surface area contributed by atoms with Crippen LogP contribution in [0, 0.1) is 6.92 Å². The molecule has 1 aromatic heterocycles. The third kappa shape index (κ3) is 4.02. The van der Waals surface area contributed by atoms with Crippen LogP contribution in [0.1, 0.15) is 25.5 Å². The van der Waals surface area contributed by atoms with E-state index in [1.54, 1.807) is 10.4 Å². The van der Waals surface area contributed by atoms with Crippen molar-refractivity contribution < 1.29 is 8.42 Å². The topological polar surface area (TPSA) is 53.5 Å². The van der Waals surface area contributed by atoms with Crippen LogP contribution in [0.15, 0.2) is 41.8 Å². The predicted molar refractivity (Wildman–Crippen MR) is 103 cm³/mol. The van der Waals surface area contributed by atoms with Crippen molar-refractivity contribution in [3.8, 4) is 0 Å². The lowest BCUT2D eigenvalue weighted by Crippen LogP contribution is -2.48. The molecule has 134 valence electrons. The first kappa shape index (κ1) is 17.9. The van der Waals surface area contributed by atoms with Crippen molar-refractivity contribution in [3.05, 3.63) is 47.5 Å². The molecule has 0 aliphatic carbocycles. The fraction of sp³-hybridized carbons (Fsp3) is 0.421. The van der Waals surface area contributed by atoms with Crippen LogP contribution in [0.25, 0.3) is 10.9 Å². The summed E-state index contributed by atoms with van der Waals surface area (Å²) in [5.41, 5.74) is 3.10. The Morgan fingerprint density at radius 3 is 2.60 bits per heavy atom. The zero-order valence-electron chi connectivity index (χ0n) is 14.9. The Morgan fingerprint density at radius 1 is 1.16 bits per heavy atom. The maximum absolute atomic E-state index is 12.4. The third-order valence-electron chi connectivity index (χ3n) is 4.49. The first-order valence-corrected chi connectivity index (χ1v) is 10.3. The number of rotatable bonds is 5. The molecule has 0 bridgehead atoms. The van der Waals surface area contributed by atoms with E-state index in [9.17, 15) is 8.42 Å². The second-order valence-corrected chi connectivity index (χ2v) is 8.21. The summed E-state index contributed by atoms with van der Waals surface area (Å²) in [6, 6.07) is 10.2. The van der Waals surface area contributed by atoms with E-state index in [4.69, 9.17) is 0 Å². The lowest BCUT2D eigenvalue weighted by molar-refractivity contribution is 0.390. The zero-order chi connectivity index (χ0) is 17.9. The van der Waals surface area contributed by atoms with Gasteiger partial charge < -0.3 is 4.90 Å². The molecule has 6 heteroatoms. The van der Waals surface area contributed by atoms with Crippen LogP contribution < -0.4 is 4.90 Å². The van der Waals surface area contributed by atoms with Gasteiger partial charge in [-0.15, -0.1) is 0 Å². The number of hydrogen-bond donors (Lipinski definition) is 0.